The smallest absolute Gasteiger partial charge is 0.122 e. The quantitative estimate of drug-likeness (QED) is 0.932. The van der Waals surface area contributed by atoms with Crippen LogP contribution in [0.2, 0.25) is 0 Å². The molecular formula is C18H23NO2. The monoisotopic (exact) mass is 285 g/mol. The molecule has 2 rings (SSSR count). The Hall–Kier alpha value is -2.00. The van der Waals surface area contributed by atoms with E-state index in [9.17, 15) is 0 Å². The van der Waals surface area contributed by atoms with Gasteiger partial charge in [0.2, 0.25) is 0 Å². The Labute approximate surface area is 126 Å². The second kappa shape index (κ2) is 6.19. The maximum Gasteiger partial charge on any atom is 0.122 e. The van der Waals surface area contributed by atoms with Crippen molar-refractivity contribution in [3.8, 4) is 11.5 Å². The standard InChI is InChI=1S/C18H23NO2/c1-11-6-12(2)17(13(3)7-11)18(19)14-8-15(20-4)10-16(9-14)21-5/h6-10,18H,19H2,1-5H3. The molecule has 0 aliphatic heterocycles. The fourth-order valence-corrected chi connectivity index (χ4v) is 2.86. The molecule has 3 heteroatoms. The lowest BCUT2D eigenvalue weighted by atomic mass is 9.90. The van der Waals surface area contributed by atoms with Crippen LogP contribution in [0.1, 0.15) is 33.9 Å². The third-order valence-electron chi connectivity index (χ3n) is 3.78. The second-order valence-corrected chi connectivity index (χ2v) is 5.44. The summed E-state index contributed by atoms with van der Waals surface area (Å²) in [4.78, 5) is 0. The number of ether oxygens (including phenoxy) is 2. The fraction of sp³-hybridized carbons (Fsp3) is 0.333. The van der Waals surface area contributed by atoms with Gasteiger partial charge < -0.3 is 15.2 Å². The summed E-state index contributed by atoms with van der Waals surface area (Å²) in [6.07, 6.45) is 0. The zero-order chi connectivity index (χ0) is 15.6. The van der Waals surface area contributed by atoms with Crippen molar-refractivity contribution in [2.24, 2.45) is 5.73 Å². The molecule has 3 nitrogen and oxygen atoms in total. The van der Waals surface area contributed by atoms with Gasteiger partial charge in [0.15, 0.2) is 0 Å². The van der Waals surface area contributed by atoms with Crippen molar-refractivity contribution in [3.05, 3.63) is 58.1 Å². The van der Waals surface area contributed by atoms with E-state index in [1.807, 2.05) is 18.2 Å². The third-order valence-corrected chi connectivity index (χ3v) is 3.78. The first-order valence-electron chi connectivity index (χ1n) is 7.02. The van der Waals surface area contributed by atoms with Crippen LogP contribution in [0.4, 0.5) is 0 Å². The first-order valence-corrected chi connectivity index (χ1v) is 7.02. The molecular weight excluding hydrogens is 262 g/mol. The summed E-state index contributed by atoms with van der Waals surface area (Å²) in [6, 6.07) is 9.91. The molecule has 0 aliphatic rings. The Morgan fingerprint density at radius 2 is 1.29 bits per heavy atom. The number of benzene rings is 2. The average molecular weight is 285 g/mol. The Balaban J connectivity index is 2.52. The lowest BCUT2D eigenvalue weighted by molar-refractivity contribution is 0.393. The van der Waals surface area contributed by atoms with Gasteiger partial charge in [-0.2, -0.15) is 0 Å². The van der Waals surface area contributed by atoms with Gasteiger partial charge in [-0.1, -0.05) is 17.7 Å². The zero-order valence-corrected chi connectivity index (χ0v) is 13.4. The summed E-state index contributed by atoms with van der Waals surface area (Å²) < 4.78 is 10.7. The molecule has 0 bridgehead atoms. The number of hydrogen-bond acceptors (Lipinski definition) is 3. The SMILES string of the molecule is COc1cc(OC)cc(C(N)c2c(C)cc(C)cc2C)c1. The lowest BCUT2D eigenvalue weighted by Crippen LogP contribution is -2.15. The summed E-state index contributed by atoms with van der Waals surface area (Å²) in [6.45, 7) is 6.31. The highest BCUT2D eigenvalue weighted by atomic mass is 16.5. The van der Waals surface area contributed by atoms with E-state index in [4.69, 9.17) is 15.2 Å². The highest BCUT2D eigenvalue weighted by Crippen LogP contribution is 2.31. The minimum Gasteiger partial charge on any atom is -0.497 e. The van der Waals surface area contributed by atoms with E-state index in [1.54, 1.807) is 14.2 Å². The molecule has 21 heavy (non-hydrogen) atoms. The molecule has 0 spiro atoms. The Kier molecular flexibility index (Phi) is 4.53. The highest BCUT2D eigenvalue weighted by Gasteiger charge is 2.16. The van der Waals surface area contributed by atoms with Gasteiger partial charge in [-0.25, -0.2) is 0 Å². The molecule has 0 aromatic heterocycles. The third kappa shape index (κ3) is 3.19. The number of methoxy groups -OCH3 is 2. The Morgan fingerprint density at radius 3 is 1.71 bits per heavy atom. The zero-order valence-electron chi connectivity index (χ0n) is 13.4. The van der Waals surface area contributed by atoms with Gasteiger partial charge in [0.05, 0.1) is 20.3 Å². The normalized spacial score (nSPS) is 12.1. The summed E-state index contributed by atoms with van der Waals surface area (Å²) in [5, 5.41) is 0. The Morgan fingerprint density at radius 1 is 0.810 bits per heavy atom. The van der Waals surface area contributed by atoms with Crippen LogP contribution in [0.15, 0.2) is 30.3 Å². The lowest BCUT2D eigenvalue weighted by Gasteiger charge is -2.20. The number of hydrogen-bond donors (Lipinski definition) is 1. The molecule has 2 N–H and O–H groups in total. The van der Waals surface area contributed by atoms with Crippen molar-refractivity contribution in [3.63, 3.8) is 0 Å². The number of nitrogens with two attached hydrogens (primary N) is 1. The number of aryl methyl sites for hydroxylation is 3. The predicted octanol–water partition coefficient (Wildman–Crippen LogP) is 3.68. The summed E-state index contributed by atoms with van der Waals surface area (Å²) in [5.74, 6) is 1.50. The number of rotatable bonds is 4. The second-order valence-electron chi connectivity index (χ2n) is 5.44. The van der Waals surface area contributed by atoms with Crippen LogP contribution in [0.5, 0.6) is 11.5 Å². The molecule has 0 aliphatic carbocycles. The maximum absolute atomic E-state index is 6.50. The highest BCUT2D eigenvalue weighted by molar-refractivity contribution is 5.47. The predicted molar refractivity (Wildman–Crippen MR) is 86.2 cm³/mol. The van der Waals surface area contributed by atoms with Crippen molar-refractivity contribution < 1.29 is 9.47 Å². The van der Waals surface area contributed by atoms with Crippen LogP contribution in [0, 0.1) is 20.8 Å². The first kappa shape index (κ1) is 15.4. The molecule has 2 aromatic carbocycles. The van der Waals surface area contributed by atoms with Gasteiger partial charge in [-0.3, -0.25) is 0 Å². The van der Waals surface area contributed by atoms with Crippen LogP contribution in [-0.4, -0.2) is 14.2 Å². The van der Waals surface area contributed by atoms with E-state index >= 15 is 0 Å². The summed E-state index contributed by atoms with van der Waals surface area (Å²) in [7, 11) is 3.29. The van der Waals surface area contributed by atoms with Gasteiger partial charge in [0, 0.05) is 6.07 Å². The van der Waals surface area contributed by atoms with Gasteiger partial charge in [-0.15, -0.1) is 0 Å². The van der Waals surface area contributed by atoms with Crippen molar-refractivity contribution in [1.82, 2.24) is 0 Å². The van der Waals surface area contributed by atoms with Crippen molar-refractivity contribution >= 4 is 0 Å². The molecule has 0 saturated carbocycles. The minimum atomic E-state index is -0.199. The summed E-state index contributed by atoms with van der Waals surface area (Å²) in [5.41, 5.74) is 12.3. The van der Waals surface area contributed by atoms with E-state index < -0.39 is 0 Å². The van der Waals surface area contributed by atoms with Gasteiger partial charge in [0.1, 0.15) is 11.5 Å². The average Bonchev–Trinajstić information content (AvgIpc) is 2.45. The maximum atomic E-state index is 6.50. The van der Waals surface area contributed by atoms with Crippen molar-refractivity contribution in [2.75, 3.05) is 14.2 Å². The van der Waals surface area contributed by atoms with E-state index in [1.165, 1.54) is 16.7 Å². The molecule has 0 saturated heterocycles. The van der Waals surface area contributed by atoms with Crippen molar-refractivity contribution in [2.45, 2.75) is 26.8 Å². The molecule has 112 valence electrons. The van der Waals surface area contributed by atoms with E-state index in [0.717, 1.165) is 22.6 Å². The first-order chi connectivity index (χ1) is 9.96. The van der Waals surface area contributed by atoms with E-state index in [-0.39, 0.29) is 6.04 Å². The van der Waals surface area contributed by atoms with Gasteiger partial charge in [-0.05, 0) is 55.2 Å². The summed E-state index contributed by atoms with van der Waals surface area (Å²) >= 11 is 0. The molecule has 2 aromatic rings. The van der Waals surface area contributed by atoms with Crippen LogP contribution in [0.3, 0.4) is 0 Å². The molecule has 1 atom stereocenters. The van der Waals surface area contributed by atoms with Crippen molar-refractivity contribution in [1.29, 1.82) is 0 Å². The topological polar surface area (TPSA) is 44.5 Å². The van der Waals surface area contributed by atoms with Gasteiger partial charge in [0.25, 0.3) is 0 Å². The molecule has 0 heterocycles. The molecule has 0 amide bonds. The minimum absolute atomic E-state index is 0.199. The fourth-order valence-electron chi connectivity index (χ4n) is 2.86. The molecule has 1 unspecified atom stereocenters. The molecule has 0 fully saturated rings. The van der Waals surface area contributed by atoms with Gasteiger partial charge >= 0.3 is 0 Å². The van der Waals surface area contributed by atoms with Crippen LogP contribution >= 0.6 is 0 Å². The largest absolute Gasteiger partial charge is 0.497 e. The van der Waals surface area contributed by atoms with E-state index in [0.29, 0.717) is 0 Å². The molecule has 0 radical (unpaired) electrons. The van der Waals surface area contributed by atoms with Crippen LogP contribution in [-0.2, 0) is 0 Å². The van der Waals surface area contributed by atoms with Crippen LogP contribution < -0.4 is 15.2 Å². The van der Waals surface area contributed by atoms with E-state index in [2.05, 4.69) is 32.9 Å². The van der Waals surface area contributed by atoms with Crippen LogP contribution in [0.25, 0.3) is 0 Å². The Bertz CT molecular complexity index is 604.